The van der Waals surface area contributed by atoms with Crippen molar-refractivity contribution in [1.29, 1.82) is 5.26 Å². The maximum atomic E-state index is 13.3. The second-order valence-electron chi connectivity index (χ2n) is 9.33. The SMILES string of the molecule is N#Cc1c(NC(=O)c2cc(S(=O)(=O)N3CCOCC3)c(Cl)cc2Cl)sc2c1CCN(Cc1cc(O)ccc1O)C2. The quantitative estimate of drug-likeness (QED) is 0.348. The molecule has 0 saturated carbocycles. The van der Waals surface area contributed by atoms with Crippen molar-refractivity contribution in [2.45, 2.75) is 24.4 Å². The fraction of sp³-hybridized carbons (Fsp3) is 0.308. The molecule has 0 atom stereocenters. The number of sulfonamides is 1. The summed E-state index contributed by atoms with van der Waals surface area (Å²) < 4.78 is 32.9. The highest BCUT2D eigenvalue weighted by Gasteiger charge is 2.31. The van der Waals surface area contributed by atoms with Crippen LogP contribution >= 0.6 is 34.5 Å². The van der Waals surface area contributed by atoms with Gasteiger partial charge in [-0.1, -0.05) is 23.2 Å². The number of ether oxygens (including phenoxy) is 1. The van der Waals surface area contributed by atoms with Crippen LogP contribution in [0.3, 0.4) is 0 Å². The first-order valence-electron chi connectivity index (χ1n) is 12.2. The van der Waals surface area contributed by atoms with Gasteiger partial charge in [-0.05, 0) is 42.3 Å². The average molecular weight is 624 g/mol. The van der Waals surface area contributed by atoms with Crippen LogP contribution in [0.5, 0.6) is 11.5 Å². The molecule has 14 heteroatoms. The number of benzene rings is 2. The number of nitriles is 1. The zero-order chi connectivity index (χ0) is 28.6. The molecule has 0 aliphatic carbocycles. The predicted octanol–water partition coefficient (Wildman–Crippen LogP) is 4.17. The van der Waals surface area contributed by atoms with Crippen molar-refractivity contribution in [3.05, 3.63) is 67.5 Å². The number of rotatable bonds is 6. The largest absolute Gasteiger partial charge is 0.508 e. The third-order valence-electron chi connectivity index (χ3n) is 6.79. The number of hydrogen-bond acceptors (Lipinski definition) is 9. The highest BCUT2D eigenvalue weighted by atomic mass is 35.5. The average Bonchev–Trinajstić information content (AvgIpc) is 3.27. The van der Waals surface area contributed by atoms with Crippen LogP contribution in [0.2, 0.25) is 10.0 Å². The van der Waals surface area contributed by atoms with Crippen molar-refractivity contribution in [1.82, 2.24) is 9.21 Å². The van der Waals surface area contributed by atoms with Gasteiger partial charge < -0.3 is 20.3 Å². The fourth-order valence-corrected chi connectivity index (χ4v) is 8.21. The Hall–Kier alpha value is -2.89. The van der Waals surface area contributed by atoms with Crippen LogP contribution in [-0.4, -0.2) is 66.6 Å². The Kier molecular flexibility index (Phi) is 8.26. The summed E-state index contributed by atoms with van der Waals surface area (Å²) in [6.07, 6.45) is 0.549. The molecular formula is C26H24Cl2N4O6S2. The molecule has 0 radical (unpaired) electrons. The highest BCUT2D eigenvalue weighted by molar-refractivity contribution is 7.89. The Morgan fingerprint density at radius 3 is 2.60 bits per heavy atom. The summed E-state index contributed by atoms with van der Waals surface area (Å²) in [6, 6.07) is 8.92. The van der Waals surface area contributed by atoms with E-state index in [1.165, 1.54) is 39.9 Å². The van der Waals surface area contributed by atoms with Crippen molar-refractivity contribution in [2.75, 3.05) is 38.2 Å². The molecule has 40 heavy (non-hydrogen) atoms. The van der Waals surface area contributed by atoms with E-state index < -0.39 is 15.9 Å². The van der Waals surface area contributed by atoms with Crippen molar-refractivity contribution in [3.63, 3.8) is 0 Å². The van der Waals surface area contributed by atoms with Crippen molar-refractivity contribution >= 4 is 55.5 Å². The van der Waals surface area contributed by atoms with Gasteiger partial charge in [0.25, 0.3) is 5.91 Å². The molecule has 1 amide bonds. The molecular weight excluding hydrogens is 599 g/mol. The van der Waals surface area contributed by atoms with Gasteiger partial charge in [0, 0.05) is 43.2 Å². The fourth-order valence-electron chi connectivity index (χ4n) is 4.73. The topological polar surface area (TPSA) is 143 Å². The molecule has 3 heterocycles. The minimum absolute atomic E-state index is 0.0275. The Morgan fingerprint density at radius 1 is 1.12 bits per heavy atom. The van der Waals surface area contributed by atoms with E-state index in [1.54, 1.807) is 0 Å². The van der Waals surface area contributed by atoms with Crippen LogP contribution in [0, 0.1) is 11.3 Å². The number of carbonyl (C=O) groups excluding carboxylic acids is 1. The predicted molar refractivity (Wildman–Crippen MR) is 151 cm³/mol. The molecule has 0 unspecified atom stereocenters. The van der Waals surface area contributed by atoms with Gasteiger partial charge >= 0.3 is 0 Å². The first-order chi connectivity index (χ1) is 19.1. The van der Waals surface area contributed by atoms with E-state index in [9.17, 15) is 28.7 Å². The van der Waals surface area contributed by atoms with Crippen LogP contribution < -0.4 is 5.32 Å². The molecule has 5 rings (SSSR count). The van der Waals surface area contributed by atoms with Gasteiger partial charge in [-0.2, -0.15) is 9.57 Å². The molecule has 2 aromatic carbocycles. The number of anilines is 1. The van der Waals surface area contributed by atoms with Crippen molar-refractivity contribution in [3.8, 4) is 17.6 Å². The molecule has 0 bridgehead atoms. The summed E-state index contributed by atoms with van der Waals surface area (Å²) in [5.41, 5.74) is 1.67. The third kappa shape index (κ3) is 5.64. The molecule has 3 aromatic rings. The minimum atomic E-state index is -4.00. The Balaban J connectivity index is 1.39. The number of halogens is 2. The number of phenols is 2. The standard InChI is InChI=1S/C26H24Cl2N4O6S2/c27-20-11-21(28)24(40(36,37)32-5-7-38-8-6-32)10-18(20)25(35)30-26-19(12-29)17-3-4-31(14-23(17)39-26)13-15-9-16(33)1-2-22(15)34/h1-2,9-11,33-34H,3-8,13-14H2,(H,30,35). The maximum absolute atomic E-state index is 13.3. The van der Waals surface area contributed by atoms with Gasteiger partial charge in [0.2, 0.25) is 10.0 Å². The number of phenolic OH excluding ortho intramolecular Hbond substituents is 2. The minimum Gasteiger partial charge on any atom is -0.508 e. The van der Waals surface area contributed by atoms with Crippen molar-refractivity contribution in [2.24, 2.45) is 0 Å². The lowest BCUT2D eigenvalue weighted by Crippen LogP contribution is -2.40. The van der Waals surface area contributed by atoms with Gasteiger partial charge in [0.1, 0.15) is 27.5 Å². The highest BCUT2D eigenvalue weighted by Crippen LogP contribution is 2.38. The number of fused-ring (bicyclic) bond motifs is 1. The second-order valence-corrected chi connectivity index (χ2v) is 13.2. The molecule has 3 N–H and O–H groups in total. The van der Waals surface area contributed by atoms with Crippen LogP contribution in [0.1, 0.15) is 31.9 Å². The monoisotopic (exact) mass is 622 g/mol. The van der Waals surface area contributed by atoms with Crippen LogP contribution in [0.25, 0.3) is 0 Å². The van der Waals surface area contributed by atoms with E-state index in [4.69, 9.17) is 27.9 Å². The normalized spacial score (nSPS) is 16.3. The molecule has 0 spiro atoms. The smallest absolute Gasteiger partial charge is 0.257 e. The molecule has 2 aliphatic heterocycles. The number of nitrogens with one attached hydrogen (secondary N) is 1. The van der Waals surface area contributed by atoms with E-state index in [2.05, 4.69) is 16.3 Å². The first-order valence-corrected chi connectivity index (χ1v) is 15.3. The number of amides is 1. The van der Waals surface area contributed by atoms with Crippen LogP contribution in [-0.2, 0) is 34.3 Å². The summed E-state index contributed by atoms with van der Waals surface area (Å²) in [4.78, 5) is 16.0. The molecule has 210 valence electrons. The summed E-state index contributed by atoms with van der Waals surface area (Å²) in [5, 5.41) is 32.8. The lowest BCUT2D eigenvalue weighted by molar-refractivity contribution is 0.0730. The lowest BCUT2D eigenvalue weighted by Gasteiger charge is -2.27. The maximum Gasteiger partial charge on any atom is 0.257 e. The number of aromatic hydroxyl groups is 2. The van der Waals surface area contributed by atoms with Gasteiger partial charge in [-0.3, -0.25) is 9.69 Å². The lowest BCUT2D eigenvalue weighted by atomic mass is 10.0. The van der Waals surface area contributed by atoms with Gasteiger partial charge in [0.15, 0.2) is 0 Å². The Labute approximate surface area is 245 Å². The summed E-state index contributed by atoms with van der Waals surface area (Å²) >= 11 is 13.8. The zero-order valence-electron chi connectivity index (χ0n) is 21.0. The first kappa shape index (κ1) is 28.6. The second kappa shape index (κ2) is 11.5. The summed E-state index contributed by atoms with van der Waals surface area (Å²) in [7, 11) is -4.00. The number of hydrogen-bond donors (Lipinski definition) is 3. The van der Waals surface area contributed by atoms with Crippen LogP contribution in [0.4, 0.5) is 5.00 Å². The zero-order valence-corrected chi connectivity index (χ0v) is 24.1. The number of carbonyl (C=O) groups is 1. The van der Waals surface area contributed by atoms with Gasteiger partial charge in [-0.25, -0.2) is 8.42 Å². The molecule has 1 aromatic heterocycles. The van der Waals surface area contributed by atoms with E-state index in [1.807, 2.05) is 0 Å². The van der Waals surface area contributed by atoms with E-state index in [-0.39, 0.29) is 58.3 Å². The van der Waals surface area contributed by atoms with Gasteiger partial charge in [-0.15, -0.1) is 11.3 Å². The molecule has 2 aliphatic rings. The Morgan fingerprint density at radius 2 is 1.88 bits per heavy atom. The summed E-state index contributed by atoms with van der Waals surface area (Å²) in [6.45, 7) is 2.31. The van der Waals surface area contributed by atoms with E-state index in [0.717, 1.165) is 16.5 Å². The third-order valence-corrected chi connectivity index (χ3v) is 10.6. The number of morpholine rings is 1. The Bertz CT molecular complexity index is 1630. The van der Waals surface area contributed by atoms with Crippen LogP contribution in [0.15, 0.2) is 35.2 Å². The number of thiophene rings is 1. The number of nitrogens with zero attached hydrogens (tertiary/aromatic N) is 3. The van der Waals surface area contributed by atoms with Crippen molar-refractivity contribution < 1.29 is 28.2 Å². The van der Waals surface area contributed by atoms with E-state index >= 15 is 0 Å². The molecule has 1 fully saturated rings. The molecule has 1 saturated heterocycles. The summed E-state index contributed by atoms with van der Waals surface area (Å²) in [5.74, 6) is -0.535. The molecule has 10 nitrogen and oxygen atoms in total. The van der Waals surface area contributed by atoms with Gasteiger partial charge in [0.05, 0.1) is 34.4 Å². The van der Waals surface area contributed by atoms with E-state index in [0.29, 0.717) is 42.2 Å².